The summed E-state index contributed by atoms with van der Waals surface area (Å²) in [5.41, 5.74) is 18.3. The summed E-state index contributed by atoms with van der Waals surface area (Å²) in [6.07, 6.45) is 0. The van der Waals surface area contributed by atoms with Crippen LogP contribution >= 0.6 is 265 Å². The molecule has 1 heterocycles. The van der Waals surface area contributed by atoms with Crippen LogP contribution in [0.15, 0.2) is 156 Å². The molecule has 10 rings (SSSR count). The number of hydrogen-bond acceptors (Lipinski definition) is 2. The lowest BCUT2D eigenvalue weighted by molar-refractivity contribution is 0.660. The fourth-order valence-corrected chi connectivity index (χ4v) is 451. The van der Waals surface area contributed by atoms with Gasteiger partial charge < -0.3 is 9.32 Å². The summed E-state index contributed by atoms with van der Waals surface area (Å²) < 4.78 is 6.14. The van der Waals surface area contributed by atoms with Gasteiger partial charge in [-0.1, -0.05) is 145 Å². The first-order valence-electron chi connectivity index (χ1n) is 25.1. The van der Waals surface area contributed by atoms with Gasteiger partial charge in [-0.3, -0.25) is 0 Å². The lowest BCUT2D eigenvalue weighted by Crippen LogP contribution is -2.17. The molecule has 0 saturated carbocycles. The predicted molar refractivity (Wildman–Crippen MR) is 486 cm³/mol. The highest BCUT2D eigenvalue weighted by Crippen LogP contribution is 3.39. The molecule has 2 aliphatic carbocycles. The molecule has 440 valence electrons. The Bertz CT molecular complexity index is 3410. The maximum Gasteiger partial charge on any atom is 0.135 e. The van der Waals surface area contributed by atoms with E-state index in [-0.39, 0.29) is 116 Å². The van der Waals surface area contributed by atoms with Crippen LogP contribution in [-0.2, 0) is 10.8 Å². The lowest BCUT2D eigenvalue weighted by Gasteiger charge is -2.53. The average molecular weight is 1700 g/mol. The van der Waals surface area contributed by atoms with Gasteiger partial charge in [0.1, 0.15) is 11.2 Å². The van der Waals surface area contributed by atoms with E-state index < -0.39 is 0 Å². The topological polar surface area (TPSA) is 16.4 Å². The van der Waals surface area contributed by atoms with Gasteiger partial charge in [0.2, 0.25) is 0 Å². The Morgan fingerprint density at radius 1 is 0.361 bits per heavy atom. The van der Waals surface area contributed by atoms with Crippen LogP contribution in [-0.4, -0.2) is 0 Å². The van der Waals surface area contributed by atoms with Crippen LogP contribution in [0, 0.1) is 0 Å². The number of rotatable bonds is 19. The molecule has 0 saturated heterocycles. The van der Waals surface area contributed by atoms with Crippen molar-refractivity contribution in [1.29, 1.82) is 0 Å². The van der Waals surface area contributed by atoms with Crippen molar-refractivity contribution in [3.8, 4) is 33.4 Å². The average Bonchev–Trinajstić information content (AvgIpc) is 2.53. The normalized spacial score (nSPS) is 15.6. The van der Waals surface area contributed by atoms with Crippen molar-refractivity contribution in [2.75, 3.05) is 4.90 Å². The van der Waals surface area contributed by atoms with Gasteiger partial charge in [-0.15, -0.1) is 152 Å². The van der Waals surface area contributed by atoms with Crippen molar-refractivity contribution in [3.63, 3.8) is 0 Å². The molecule has 35 heteroatoms. The van der Waals surface area contributed by atoms with Gasteiger partial charge in [0.25, 0.3) is 0 Å². The highest BCUT2D eigenvalue weighted by Gasteiger charge is 2.52. The van der Waals surface area contributed by atoms with E-state index in [0.717, 1.165) is 35.6 Å². The summed E-state index contributed by atoms with van der Waals surface area (Å²) in [4.78, 5) is 2.52. The summed E-state index contributed by atoms with van der Waals surface area (Å²) in [7, 11) is 57.5. The third-order valence-electron chi connectivity index (χ3n) is 14.2. The molecule has 0 N–H and O–H groups in total. The van der Waals surface area contributed by atoms with E-state index in [9.17, 15) is 0 Å². The largest absolute Gasteiger partial charge is 0.456 e. The van der Waals surface area contributed by atoms with Crippen LogP contribution < -0.4 is 4.90 Å². The summed E-state index contributed by atoms with van der Waals surface area (Å²) >= 11 is 0. The first-order chi connectivity index (χ1) is 39.3. The molecular formula is C48H72NOP33. The molecule has 0 radical (unpaired) electrons. The standard InChI is InChI=1S/C48H37NO.H35P33/c1-47(2)37-16-8-5-14-34(37)45-39(47)18-11-20-41(45)49(42-21-12-19-40-46(42)35-15-6-9-17-38(35)48(40,3)4)32-26-23-30(24-27-32)31-25-28-44-36(29-31)33-13-7-10-22-43(33)50-44;1-18-27(19(2)3)31(26(16)17)33(30(24(12)13)25(14)15)32(28(20(4)5)21(6)7)29(22(8)9)23(10)11/h5-29H,1-4H3;18H,1-17H2. The van der Waals surface area contributed by atoms with Gasteiger partial charge >= 0.3 is 0 Å². The van der Waals surface area contributed by atoms with Crippen LogP contribution in [0.4, 0.5) is 17.1 Å². The number of benzene rings is 7. The highest BCUT2D eigenvalue weighted by atomic mass is 33.5. The number of hydrogen-bond donors (Lipinski definition) is 0. The zero-order valence-corrected chi connectivity index (χ0v) is 79.9. The first-order valence-corrected chi connectivity index (χ1v) is 84.6. The van der Waals surface area contributed by atoms with Gasteiger partial charge in [-0.25, -0.2) is 0 Å². The van der Waals surface area contributed by atoms with E-state index in [0.29, 0.717) is 0 Å². The number of nitrogens with zero attached hydrogens (tertiary/aromatic N) is 1. The second kappa shape index (κ2) is 33.7. The SMILES string of the molecule is CC1(C)c2ccccc2-c2c(N(c3ccc(-c4ccc5oc6ccccc6c5c4)cc3)c3cccc4c3-c3ccccc3C4(C)C)cccc21.PPP(P(P)P)P(P(P)P)P(P(P(P)P)P(P)P)P(P(P(P)P)P(P)P)P(P(P)P)P(P)P. The fraction of sp³-hybridized carbons (Fsp3) is 0.125. The summed E-state index contributed by atoms with van der Waals surface area (Å²) in [5, 5.41) is 2.29. The zero-order valence-electron chi connectivity index (χ0n) is 45.8. The molecular weight excluding hydrogens is 1630 g/mol. The van der Waals surface area contributed by atoms with E-state index >= 15 is 0 Å². The Balaban J connectivity index is 0.000000221. The molecule has 21 atom stereocenters. The minimum absolute atomic E-state index is 0.0163. The minimum Gasteiger partial charge on any atom is -0.456 e. The van der Waals surface area contributed by atoms with Gasteiger partial charge in [-0.2, -0.15) is 0 Å². The molecule has 7 aromatic carbocycles. The Hall–Kier alpha value is 8.33. The monoisotopic (exact) mass is 1700 g/mol. The number of para-hydroxylation sites is 1. The number of furan rings is 1. The highest BCUT2D eigenvalue weighted by molar-refractivity contribution is 9.45. The summed E-state index contributed by atoms with van der Waals surface area (Å²) in [5.74, 6) is 0. The van der Waals surface area contributed by atoms with E-state index in [4.69, 9.17) is 4.42 Å². The summed E-state index contributed by atoms with van der Waals surface area (Å²) in [6, 6.07) is 55.6. The van der Waals surface area contributed by atoms with Crippen molar-refractivity contribution in [2.45, 2.75) is 38.5 Å². The van der Waals surface area contributed by atoms with Crippen LogP contribution in [0.1, 0.15) is 49.9 Å². The van der Waals surface area contributed by atoms with Gasteiger partial charge in [0.15, 0.2) is 0 Å². The lowest BCUT2D eigenvalue weighted by atomic mass is 9.82. The second-order valence-corrected chi connectivity index (χ2v) is 152. The van der Waals surface area contributed by atoms with E-state index in [2.05, 4.69) is 324 Å². The van der Waals surface area contributed by atoms with Crippen LogP contribution in [0.25, 0.3) is 55.3 Å². The van der Waals surface area contributed by atoms with Crippen LogP contribution in [0.5, 0.6) is 0 Å². The molecule has 2 aliphatic rings. The smallest absolute Gasteiger partial charge is 0.135 e. The molecule has 0 amide bonds. The molecule has 0 aliphatic heterocycles. The molecule has 2 nitrogen and oxygen atoms in total. The first kappa shape index (κ1) is 75.5. The Labute approximate surface area is 552 Å². The Kier molecular flexibility index (Phi) is 30.6. The molecule has 8 aromatic rings. The van der Waals surface area contributed by atoms with E-state index in [1.54, 1.807) is 0 Å². The van der Waals surface area contributed by atoms with Gasteiger partial charge in [0, 0.05) is 38.4 Å². The van der Waals surface area contributed by atoms with Crippen molar-refractivity contribution in [1.82, 2.24) is 0 Å². The van der Waals surface area contributed by atoms with Crippen LogP contribution in [0.3, 0.4) is 0 Å². The molecule has 0 fully saturated rings. The van der Waals surface area contributed by atoms with Crippen LogP contribution in [0.2, 0.25) is 0 Å². The number of fused-ring (bicyclic) bond motifs is 9. The quantitative estimate of drug-likeness (QED) is 0.0750. The van der Waals surface area contributed by atoms with Gasteiger partial charge in [-0.05, 0) is 192 Å². The number of anilines is 3. The molecule has 1 aromatic heterocycles. The summed E-state index contributed by atoms with van der Waals surface area (Å²) in [6.45, 7) is 9.12. The predicted octanol–water partition coefficient (Wildman–Crippen LogP) is 32.4. The van der Waals surface area contributed by atoms with E-state index in [1.165, 1.54) is 67.0 Å². The van der Waals surface area contributed by atoms with E-state index in [1.807, 2.05) is 12.1 Å². The third kappa shape index (κ3) is 16.6. The van der Waals surface area contributed by atoms with Crippen molar-refractivity contribution in [2.24, 2.45) is 0 Å². The second-order valence-electron chi connectivity index (χ2n) is 20.0. The van der Waals surface area contributed by atoms with Gasteiger partial charge in [0.05, 0.1) is 11.4 Å². The Morgan fingerprint density at radius 3 is 1.18 bits per heavy atom. The maximum atomic E-state index is 6.14. The zero-order chi connectivity index (χ0) is 60.1. The molecule has 21 unspecified atom stereocenters. The molecule has 0 spiro atoms. The molecule has 0 bridgehead atoms. The van der Waals surface area contributed by atoms with Crippen molar-refractivity contribution in [3.05, 3.63) is 174 Å². The third-order valence-corrected chi connectivity index (χ3v) is 234. The Morgan fingerprint density at radius 2 is 0.747 bits per heavy atom. The molecule has 83 heavy (non-hydrogen) atoms. The van der Waals surface area contributed by atoms with Crippen molar-refractivity contribution >= 4 is 304 Å². The minimum atomic E-state index is -0.0966. The maximum absolute atomic E-state index is 6.14. The fourth-order valence-electron chi connectivity index (χ4n) is 10.8. The van der Waals surface area contributed by atoms with Crippen molar-refractivity contribution < 1.29 is 4.42 Å².